The van der Waals surface area contributed by atoms with Crippen molar-refractivity contribution in [3.05, 3.63) is 11.6 Å². The summed E-state index contributed by atoms with van der Waals surface area (Å²) in [5, 5.41) is 0. The topological polar surface area (TPSA) is 67.1 Å². The fourth-order valence-electron chi connectivity index (χ4n) is 7.34. The van der Waals surface area contributed by atoms with Crippen LogP contribution in [0.1, 0.15) is 65.7 Å². The van der Waals surface area contributed by atoms with Crippen molar-refractivity contribution in [1.82, 2.24) is 9.80 Å². The Morgan fingerprint density at radius 2 is 1.76 bits per heavy atom. The third kappa shape index (κ3) is 5.56. The number of hydrogen-bond donors (Lipinski definition) is 0. The molecule has 4 saturated heterocycles. The Bertz CT molecular complexity index is 859. The maximum Gasteiger partial charge on any atom is 0.410 e. The largest absolute Gasteiger partial charge is 0.443 e. The second kappa shape index (κ2) is 10.4. The number of amides is 1. The van der Waals surface area contributed by atoms with E-state index in [1.807, 2.05) is 9.80 Å². The molecule has 0 aromatic carbocycles. The Morgan fingerprint density at radius 1 is 1.11 bits per heavy atom. The van der Waals surface area contributed by atoms with Crippen LogP contribution in [-0.4, -0.2) is 98.3 Å². The van der Waals surface area contributed by atoms with E-state index in [9.17, 15) is 13.6 Å². The minimum Gasteiger partial charge on any atom is -0.443 e. The number of allylic oxidation sites excluding steroid dienone is 1. The first-order valence-corrected chi connectivity index (χ1v) is 14.0. The number of epoxide rings is 2. The van der Waals surface area contributed by atoms with Crippen molar-refractivity contribution in [3.8, 4) is 0 Å². The number of rotatable bonds is 7. The van der Waals surface area contributed by atoms with Gasteiger partial charge in [0.1, 0.15) is 23.4 Å². The van der Waals surface area contributed by atoms with Crippen LogP contribution in [-0.2, 0) is 18.9 Å². The molecule has 4 heterocycles. The molecule has 1 saturated carbocycles. The van der Waals surface area contributed by atoms with Gasteiger partial charge in [0.25, 0.3) is 6.43 Å². The molecule has 37 heavy (non-hydrogen) atoms. The Labute approximate surface area is 219 Å². The van der Waals surface area contributed by atoms with Crippen LogP contribution in [0.25, 0.3) is 0 Å². The minimum atomic E-state index is -2.28. The van der Waals surface area contributed by atoms with Gasteiger partial charge < -0.3 is 23.8 Å². The van der Waals surface area contributed by atoms with E-state index in [1.165, 1.54) is 5.57 Å². The molecule has 0 radical (unpaired) electrons. The summed E-state index contributed by atoms with van der Waals surface area (Å²) in [7, 11) is 1.70. The van der Waals surface area contributed by atoms with Crippen molar-refractivity contribution in [3.63, 3.8) is 0 Å². The van der Waals surface area contributed by atoms with Gasteiger partial charge in [-0.05, 0) is 84.2 Å². The number of hydrogen-bond acceptors (Lipinski definition) is 6. The van der Waals surface area contributed by atoms with Crippen LogP contribution in [0.5, 0.6) is 0 Å². The van der Waals surface area contributed by atoms with E-state index in [0.29, 0.717) is 39.2 Å². The van der Waals surface area contributed by atoms with E-state index >= 15 is 0 Å². The number of halogens is 2. The Balaban J connectivity index is 1.17. The van der Waals surface area contributed by atoms with E-state index in [2.05, 4.69) is 26.8 Å². The van der Waals surface area contributed by atoms with Crippen LogP contribution in [0.15, 0.2) is 11.6 Å². The molecule has 210 valence electrons. The molecular formula is C28H44F2N2O5. The van der Waals surface area contributed by atoms with Gasteiger partial charge in [-0.15, -0.1) is 0 Å². The van der Waals surface area contributed by atoms with E-state index in [0.717, 1.165) is 38.5 Å². The molecule has 5 aliphatic rings. The smallest absolute Gasteiger partial charge is 0.410 e. The summed E-state index contributed by atoms with van der Waals surface area (Å²) in [5.74, 6) is 0.00941. The van der Waals surface area contributed by atoms with Crippen LogP contribution >= 0.6 is 0 Å². The number of carbonyl (C=O) groups excluding carboxylic acids is 1. The summed E-state index contributed by atoms with van der Waals surface area (Å²) < 4.78 is 49.9. The second-order valence-electron chi connectivity index (χ2n) is 12.5. The van der Waals surface area contributed by atoms with Gasteiger partial charge in [0.15, 0.2) is 0 Å². The van der Waals surface area contributed by atoms with Gasteiger partial charge in [0, 0.05) is 20.2 Å². The fourth-order valence-corrected chi connectivity index (χ4v) is 7.34. The summed E-state index contributed by atoms with van der Waals surface area (Å²) in [6.07, 6.45) is 5.23. The van der Waals surface area contributed by atoms with Gasteiger partial charge in [-0.3, -0.25) is 4.90 Å². The molecule has 0 bridgehead atoms. The van der Waals surface area contributed by atoms with Gasteiger partial charge in [-0.2, -0.15) is 0 Å². The molecule has 1 amide bonds. The zero-order valence-electron chi connectivity index (χ0n) is 22.8. The predicted octanol–water partition coefficient (Wildman–Crippen LogP) is 4.64. The average Bonchev–Trinajstić information content (AvgIpc) is 3.77. The van der Waals surface area contributed by atoms with Crippen molar-refractivity contribution < 1.29 is 32.5 Å². The standard InChI is InChI=1S/C28H44F2N2O5/c1-19(2)5-6-21-26(3,37-21)24-23(34-4)20(7-8-28(24)18-35-28)36-25(33)32-15-11-27(12-16-32)9-13-31(14-10-27)17-22(29)30/h5,20-24H,6-18H2,1-4H3/t20?,21-,23?,24?,26+,28?/m1/s1. The SMILES string of the molecule is COC1C(OC(=O)N2CCC3(CCN(CC(F)F)CC3)CC2)CCC2(CO2)C1[C@@]1(C)O[C@@H]1CC=C(C)C. The monoisotopic (exact) mass is 526 g/mol. The van der Waals surface area contributed by atoms with Crippen molar-refractivity contribution in [2.24, 2.45) is 11.3 Å². The molecule has 4 aliphatic heterocycles. The zero-order chi connectivity index (χ0) is 26.4. The second-order valence-corrected chi connectivity index (χ2v) is 12.5. The maximum absolute atomic E-state index is 13.2. The Hall–Kier alpha value is -1.29. The molecule has 9 heteroatoms. The number of piperidine rings is 2. The first-order chi connectivity index (χ1) is 17.6. The van der Waals surface area contributed by atoms with Crippen LogP contribution in [0.4, 0.5) is 13.6 Å². The highest BCUT2D eigenvalue weighted by atomic mass is 19.3. The quantitative estimate of drug-likeness (QED) is 0.356. The summed E-state index contributed by atoms with van der Waals surface area (Å²) in [5.41, 5.74) is 0.838. The summed E-state index contributed by atoms with van der Waals surface area (Å²) >= 11 is 0. The summed E-state index contributed by atoms with van der Waals surface area (Å²) in [6, 6.07) is 0. The lowest BCUT2D eigenvalue weighted by molar-refractivity contribution is -0.123. The zero-order valence-corrected chi connectivity index (χ0v) is 22.8. The third-order valence-corrected chi connectivity index (χ3v) is 9.88. The van der Waals surface area contributed by atoms with Crippen LogP contribution in [0.2, 0.25) is 0 Å². The van der Waals surface area contributed by atoms with Crippen LogP contribution < -0.4 is 0 Å². The number of methoxy groups -OCH3 is 1. The highest BCUT2D eigenvalue weighted by molar-refractivity contribution is 5.68. The molecule has 2 spiro atoms. The molecule has 0 aromatic rings. The van der Waals surface area contributed by atoms with E-state index in [4.69, 9.17) is 18.9 Å². The number of ether oxygens (including phenoxy) is 4. The molecule has 0 aromatic heterocycles. The molecular weight excluding hydrogens is 482 g/mol. The lowest BCUT2D eigenvalue weighted by Crippen LogP contribution is -2.56. The normalized spacial score (nSPS) is 39.2. The van der Waals surface area contributed by atoms with E-state index in [1.54, 1.807) is 7.11 Å². The highest BCUT2D eigenvalue weighted by Gasteiger charge is 2.72. The number of alkyl halides is 2. The summed E-state index contributed by atoms with van der Waals surface area (Å²) in [6.45, 7) is 9.65. The first kappa shape index (κ1) is 27.3. The predicted molar refractivity (Wildman–Crippen MR) is 135 cm³/mol. The molecule has 6 atom stereocenters. The molecule has 0 N–H and O–H groups in total. The molecule has 4 unspecified atom stereocenters. The first-order valence-electron chi connectivity index (χ1n) is 14.0. The molecule has 5 fully saturated rings. The van der Waals surface area contributed by atoms with Gasteiger partial charge in [0.2, 0.25) is 0 Å². The van der Waals surface area contributed by atoms with E-state index < -0.39 is 6.43 Å². The number of nitrogens with zero attached hydrogens (tertiary/aromatic N) is 2. The minimum absolute atomic E-state index is 0.00941. The van der Waals surface area contributed by atoms with Crippen LogP contribution in [0, 0.1) is 11.3 Å². The fraction of sp³-hybridized carbons (Fsp3) is 0.893. The summed E-state index contributed by atoms with van der Waals surface area (Å²) in [4.78, 5) is 16.9. The van der Waals surface area contributed by atoms with Gasteiger partial charge in [-0.1, -0.05) is 11.6 Å². The van der Waals surface area contributed by atoms with Gasteiger partial charge in [-0.25, -0.2) is 13.6 Å². The van der Waals surface area contributed by atoms with Crippen LogP contribution in [0.3, 0.4) is 0 Å². The molecule has 7 nitrogen and oxygen atoms in total. The molecule has 5 rings (SSSR count). The number of carbonyl (C=O) groups is 1. The lowest BCUT2D eigenvalue weighted by atomic mass is 9.68. The van der Waals surface area contributed by atoms with Gasteiger partial charge >= 0.3 is 6.09 Å². The average molecular weight is 527 g/mol. The highest BCUT2D eigenvalue weighted by Crippen LogP contribution is 2.59. The molecule has 1 aliphatic carbocycles. The lowest BCUT2D eigenvalue weighted by Gasteiger charge is -2.47. The van der Waals surface area contributed by atoms with Crippen molar-refractivity contribution in [2.45, 2.75) is 102 Å². The van der Waals surface area contributed by atoms with Crippen molar-refractivity contribution >= 4 is 6.09 Å². The Morgan fingerprint density at radius 3 is 2.32 bits per heavy atom. The maximum atomic E-state index is 13.2. The van der Waals surface area contributed by atoms with Crippen molar-refractivity contribution in [2.75, 3.05) is 46.4 Å². The third-order valence-electron chi connectivity index (χ3n) is 9.88. The van der Waals surface area contributed by atoms with Crippen molar-refractivity contribution in [1.29, 1.82) is 0 Å². The van der Waals surface area contributed by atoms with Gasteiger partial charge in [0.05, 0.1) is 25.2 Å². The van der Waals surface area contributed by atoms with E-state index in [-0.39, 0.29) is 53.5 Å². The number of likely N-dealkylation sites (tertiary alicyclic amines) is 2. The Kier molecular flexibility index (Phi) is 7.64.